The maximum Gasteiger partial charge on any atom is 0.341 e. The number of esters is 1. The van der Waals surface area contributed by atoms with E-state index in [2.05, 4.69) is 9.97 Å². The Morgan fingerprint density at radius 2 is 1.86 bits per heavy atom. The van der Waals surface area contributed by atoms with E-state index in [0.717, 1.165) is 17.1 Å². The van der Waals surface area contributed by atoms with Crippen LogP contribution in [0, 0.1) is 6.92 Å². The lowest BCUT2D eigenvalue weighted by Crippen LogP contribution is -2.17. The molecule has 0 unspecified atom stereocenters. The molecule has 0 aliphatic carbocycles. The summed E-state index contributed by atoms with van der Waals surface area (Å²) in [4.78, 5) is 23.5. The summed E-state index contributed by atoms with van der Waals surface area (Å²) in [6.45, 7) is 6.36. The molecule has 0 fully saturated rings. The molecule has 0 spiro atoms. The average Bonchev–Trinajstić information content (AvgIpc) is 2.73. The molecule has 7 nitrogen and oxygen atoms in total. The fourth-order valence-electron chi connectivity index (χ4n) is 3.13. The molecule has 0 saturated heterocycles. The van der Waals surface area contributed by atoms with Crippen molar-refractivity contribution in [2.24, 2.45) is 0 Å². The van der Waals surface area contributed by atoms with Crippen LogP contribution in [-0.2, 0) is 4.74 Å². The van der Waals surface area contributed by atoms with Crippen molar-refractivity contribution in [3.8, 4) is 11.5 Å². The number of carbonyl (C=O) groups excluding carboxylic acids is 1. The van der Waals surface area contributed by atoms with Crippen LogP contribution in [0.4, 0.5) is 11.4 Å². The molecule has 3 rings (SSSR count). The molecule has 152 valence electrons. The third-order valence-electron chi connectivity index (χ3n) is 4.56. The number of aryl methyl sites for hydroxylation is 1. The minimum atomic E-state index is -0.434. The number of aromatic nitrogens is 2. The fraction of sp³-hybridized carbons (Fsp3) is 0.318. The highest BCUT2D eigenvalue weighted by Gasteiger charge is 2.22. The molecule has 0 saturated carbocycles. The SMILES string of the molecule is CCOC(=O)c1cnc2nc(C)c(OCC)cc2c1N(C)c1ccc(OC)cc1. The van der Waals surface area contributed by atoms with E-state index in [0.29, 0.717) is 34.6 Å². The Morgan fingerprint density at radius 1 is 1.14 bits per heavy atom. The zero-order valence-electron chi connectivity index (χ0n) is 17.4. The summed E-state index contributed by atoms with van der Waals surface area (Å²) in [6.07, 6.45) is 1.52. The minimum Gasteiger partial charge on any atom is -0.497 e. The van der Waals surface area contributed by atoms with Crippen molar-refractivity contribution in [2.45, 2.75) is 20.8 Å². The summed E-state index contributed by atoms with van der Waals surface area (Å²) >= 11 is 0. The van der Waals surface area contributed by atoms with Crippen LogP contribution < -0.4 is 14.4 Å². The van der Waals surface area contributed by atoms with E-state index >= 15 is 0 Å². The van der Waals surface area contributed by atoms with Crippen LogP contribution in [0.5, 0.6) is 11.5 Å². The second-order valence-electron chi connectivity index (χ2n) is 6.37. The van der Waals surface area contributed by atoms with E-state index in [-0.39, 0.29) is 6.61 Å². The highest BCUT2D eigenvalue weighted by molar-refractivity contribution is 6.06. The predicted molar refractivity (Wildman–Crippen MR) is 112 cm³/mol. The monoisotopic (exact) mass is 395 g/mol. The Kier molecular flexibility index (Phi) is 6.16. The zero-order chi connectivity index (χ0) is 21.0. The standard InChI is InChI=1S/C22H25N3O4/c1-6-28-19-12-17-20(25(4)15-8-10-16(27-5)11-9-15)18(22(26)29-7-2)13-23-21(17)24-14(19)3/h8-13H,6-7H2,1-5H3. The number of nitrogens with zero attached hydrogens (tertiary/aromatic N) is 3. The first-order valence-electron chi connectivity index (χ1n) is 9.48. The molecule has 0 bridgehead atoms. The van der Waals surface area contributed by atoms with Gasteiger partial charge in [-0.1, -0.05) is 0 Å². The maximum atomic E-state index is 12.7. The normalized spacial score (nSPS) is 10.7. The first kappa shape index (κ1) is 20.4. The van der Waals surface area contributed by atoms with Crippen LogP contribution in [0.2, 0.25) is 0 Å². The molecular formula is C22H25N3O4. The van der Waals surface area contributed by atoms with Crippen LogP contribution in [-0.4, -0.2) is 43.3 Å². The molecule has 0 N–H and O–H groups in total. The second kappa shape index (κ2) is 8.77. The van der Waals surface area contributed by atoms with Crippen molar-refractivity contribution in [3.63, 3.8) is 0 Å². The Morgan fingerprint density at radius 3 is 2.48 bits per heavy atom. The summed E-state index contributed by atoms with van der Waals surface area (Å²) < 4.78 is 16.2. The molecule has 0 amide bonds. The van der Waals surface area contributed by atoms with Crippen LogP contribution in [0.15, 0.2) is 36.5 Å². The minimum absolute atomic E-state index is 0.277. The number of anilines is 2. The lowest BCUT2D eigenvalue weighted by atomic mass is 10.1. The molecule has 0 aliphatic rings. The molecule has 0 atom stereocenters. The number of benzene rings is 1. The fourth-order valence-corrected chi connectivity index (χ4v) is 3.13. The summed E-state index contributed by atoms with van der Waals surface area (Å²) in [5.74, 6) is 0.978. The number of pyridine rings is 2. The molecule has 2 aromatic heterocycles. The Labute approximate surface area is 170 Å². The summed E-state index contributed by atoms with van der Waals surface area (Å²) in [6, 6.07) is 9.46. The van der Waals surface area contributed by atoms with Gasteiger partial charge in [0.15, 0.2) is 5.65 Å². The highest BCUT2D eigenvalue weighted by Crippen LogP contribution is 2.36. The topological polar surface area (TPSA) is 73.8 Å². The Bertz CT molecular complexity index is 1020. The van der Waals surface area contributed by atoms with E-state index in [9.17, 15) is 4.79 Å². The molecule has 0 radical (unpaired) electrons. The molecule has 29 heavy (non-hydrogen) atoms. The zero-order valence-corrected chi connectivity index (χ0v) is 17.4. The van der Waals surface area contributed by atoms with Crippen LogP contribution in [0.1, 0.15) is 29.9 Å². The van der Waals surface area contributed by atoms with E-state index < -0.39 is 5.97 Å². The lowest BCUT2D eigenvalue weighted by molar-refractivity contribution is 0.0527. The van der Waals surface area contributed by atoms with Crippen molar-refractivity contribution < 1.29 is 19.0 Å². The van der Waals surface area contributed by atoms with E-state index in [1.54, 1.807) is 14.0 Å². The first-order chi connectivity index (χ1) is 14.0. The van der Waals surface area contributed by atoms with Gasteiger partial charge >= 0.3 is 5.97 Å². The van der Waals surface area contributed by atoms with Crippen molar-refractivity contribution >= 4 is 28.4 Å². The van der Waals surface area contributed by atoms with Gasteiger partial charge in [0.2, 0.25) is 0 Å². The number of fused-ring (bicyclic) bond motifs is 1. The van der Waals surface area contributed by atoms with E-state index in [1.807, 2.05) is 56.1 Å². The van der Waals surface area contributed by atoms with Gasteiger partial charge in [-0.05, 0) is 51.1 Å². The van der Waals surface area contributed by atoms with Gasteiger partial charge in [0.25, 0.3) is 0 Å². The molecular weight excluding hydrogens is 370 g/mol. The summed E-state index contributed by atoms with van der Waals surface area (Å²) in [5.41, 5.74) is 3.18. The number of hydrogen-bond donors (Lipinski definition) is 0. The maximum absolute atomic E-state index is 12.7. The molecule has 2 heterocycles. The first-order valence-corrected chi connectivity index (χ1v) is 9.48. The largest absolute Gasteiger partial charge is 0.497 e. The smallest absolute Gasteiger partial charge is 0.341 e. The van der Waals surface area contributed by atoms with Gasteiger partial charge in [0, 0.05) is 24.3 Å². The average molecular weight is 395 g/mol. The van der Waals surface area contributed by atoms with Gasteiger partial charge in [-0.15, -0.1) is 0 Å². The number of ether oxygens (including phenoxy) is 3. The van der Waals surface area contributed by atoms with Crippen molar-refractivity contribution in [2.75, 3.05) is 32.3 Å². The lowest BCUT2D eigenvalue weighted by Gasteiger charge is -2.24. The third-order valence-corrected chi connectivity index (χ3v) is 4.56. The second-order valence-corrected chi connectivity index (χ2v) is 6.37. The van der Waals surface area contributed by atoms with Crippen molar-refractivity contribution in [1.29, 1.82) is 0 Å². The third kappa shape index (κ3) is 4.08. The number of methoxy groups -OCH3 is 1. The molecule has 0 aliphatic heterocycles. The Hall–Kier alpha value is -3.35. The summed E-state index contributed by atoms with van der Waals surface area (Å²) in [5, 5.41) is 0.711. The highest BCUT2D eigenvalue weighted by atomic mass is 16.5. The van der Waals surface area contributed by atoms with Gasteiger partial charge in [-0.25, -0.2) is 14.8 Å². The van der Waals surface area contributed by atoms with Gasteiger partial charge in [-0.2, -0.15) is 0 Å². The quantitative estimate of drug-likeness (QED) is 0.553. The molecule has 1 aromatic carbocycles. The van der Waals surface area contributed by atoms with Gasteiger partial charge < -0.3 is 19.1 Å². The Balaban J connectivity index is 2.24. The number of carbonyl (C=O) groups is 1. The van der Waals surface area contributed by atoms with E-state index in [1.165, 1.54) is 6.20 Å². The molecule has 3 aromatic rings. The van der Waals surface area contributed by atoms with Gasteiger partial charge in [0.05, 0.1) is 31.7 Å². The van der Waals surface area contributed by atoms with Crippen LogP contribution >= 0.6 is 0 Å². The van der Waals surface area contributed by atoms with E-state index in [4.69, 9.17) is 14.2 Å². The number of rotatable bonds is 7. The van der Waals surface area contributed by atoms with Crippen LogP contribution in [0.3, 0.4) is 0 Å². The number of hydrogen-bond acceptors (Lipinski definition) is 7. The van der Waals surface area contributed by atoms with Gasteiger partial charge in [-0.3, -0.25) is 0 Å². The van der Waals surface area contributed by atoms with Gasteiger partial charge in [0.1, 0.15) is 17.1 Å². The van der Waals surface area contributed by atoms with Crippen molar-refractivity contribution in [3.05, 3.63) is 47.8 Å². The molecule has 7 heteroatoms. The van der Waals surface area contributed by atoms with Crippen LogP contribution in [0.25, 0.3) is 11.0 Å². The predicted octanol–water partition coefficient (Wildman–Crippen LogP) is 4.29. The summed E-state index contributed by atoms with van der Waals surface area (Å²) in [7, 11) is 3.51. The van der Waals surface area contributed by atoms with Crippen molar-refractivity contribution in [1.82, 2.24) is 9.97 Å².